The molecule has 2 aliphatic rings. The van der Waals surface area contributed by atoms with Crippen molar-refractivity contribution in [2.24, 2.45) is 5.16 Å². The zero-order valence-electron chi connectivity index (χ0n) is 17.3. The van der Waals surface area contributed by atoms with Gasteiger partial charge in [0.15, 0.2) is 5.84 Å². The number of ether oxygens (including phenoxy) is 1. The lowest BCUT2D eigenvalue weighted by Crippen LogP contribution is -2.51. The predicted molar refractivity (Wildman–Crippen MR) is 116 cm³/mol. The molecule has 2 aromatic rings. The molecule has 0 aromatic heterocycles. The van der Waals surface area contributed by atoms with Crippen LogP contribution in [0.2, 0.25) is 0 Å². The van der Waals surface area contributed by atoms with E-state index in [4.69, 9.17) is 14.7 Å². The number of anilines is 1. The molecule has 31 heavy (non-hydrogen) atoms. The molecule has 1 atom stereocenters. The smallest absolute Gasteiger partial charge is 0.260 e. The van der Waals surface area contributed by atoms with E-state index in [9.17, 15) is 9.50 Å². The Morgan fingerprint density at radius 3 is 2.77 bits per heavy atom. The van der Waals surface area contributed by atoms with Gasteiger partial charge in [-0.1, -0.05) is 11.2 Å². The summed E-state index contributed by atoms with van der Waals surface area (Å²) in [5, 5.41) is 26.7. The Bertz CT molecular complexity index is 993. The van der Waals surface area contributed by atoms with Gasteiger partial charge in [0.05, 0.1) is 19.4 Å². The minimum atomic E-state index is -1.15. The van der Waals surface area contributed by atoms with Gasteiger partial charge >= 0.3 is 0 Å². The summed E-state index contributed by atoms with van der Waals surface area (Å²) >= 11 is 0. The minimum absolute atomic E-state index is 0.0330. The van der Waals surface area contributed by atoms with Gasteiger partial charge in [0.25, 0.3) is 5.72 Å². The van der Waals surface area contributed by atoms with Gasteiger partial charge in [-0.05, 0) is 66.5 Å². The molecule has 0 spiro atoms. The fourth-order valence-electron chi connectivity index (χ4n) is 4.04. The van der Waals surface area contributed by atoms with Gasteiger partial charge in [0.1, 0.15) is 18.2 Å². The highest BCUT2D eigenvalue weighted by atomic mass is 19.1. The summed E-state index contributed by atoms with van der Waals surface area (Å²) in [4.78, 5) is 7.73. The molecule has 1 saturated heterocycles. The molecule has 164 valence electrons. The summed E-state index contributed by atoms with van der Waals surface area (Å²) in [6.07, 6.45) is 3.71. The van der Waals surface area contributed by atoms with Crippen molar-refractivity contribution in [1.82, 2.24) is 4.90 Å². The molecule has 2 heterocycles. The highest BCUT2D eigenvalue weighted by Crippen LogP contribution is 2.40. The number of piperidine rings is 1. The maximum Gasteiger partial charge on any atom is 0.260 e. The summed E-state index contributed by atoms with van der Waals surface area (Å²) in [6, 6.07) is 11.7. The molecule has 1 fully saturated rings. The second-order valence-corrected chi connectivity index (χ2v) is 7.49. The number of fused-ring (bicyclic) bond motifs is 1. The standard InChI is InChI=1S/C23H26FN3O4/c1-30-21-14-16(4-9-20(21)25-10-12-28)13-17-3-2-11-27-22(17)26-31-23(27,15-29)18-5-7-19(24)8-6-18/h4-9,13-14,25,28-29H,2-3,10-12,15H2,1H3. The van der Waals surface area contributed by atoms with Crippen LogP contribution in [-0.4, -0.2) is 54.4 Å². The van der Waals surface area contributed by atoms with Gasteiger partial charge in [-0.25, -0.2) is 4.39 Å². The van der Waals surface area contributed by atoms with E-state index in [0.717, 1.165) is 29.7 Å². The molecule has 4 rings (SSSR count). The second-order valence-electron chi connectivity index (χ2n) is 7.49. The van der Waals surface area contributed by atoms with Gasteiger partial charge in [0.2, 0.25) is 0 Å². The number of hydrogen-bond acceptors (Lipinski definition) is 7. The third-order valence-corrected chi connectivity index (χ3v) is 5.59. The maximum absolute atomic E-state index is 13.4. The van der Waals surface area contributed by atoms with Crippen LogP contribution in [0.1, 0.15) is 24.0 Å². The summed E-state index contributed by atoms with van der Waals surface area (Å²) in [5.41, 5.74) is 2.23. The van der Waals surface area contributed by atoms with E-state index in [-0.39, 0.29) is 19.0 Å². The highest BCUT2D eigenvalue weighted by molar-refractivity contribution is 6.03. The lowest BCUT2D eigenvalue weighted by atomic mass is 9.95. The monoisotopic (exact) mass is 427 g/mol. The van der Waals surface area contributed by atoms with Gasteiger partial charge in [-0.15, -0.1) is 0 Å². The zero-order valence-corrected chi connectivity index (χ0v) is 17.3. The number of amidine groups is 1. The number of rotatable bonds is 7. The third-order valence-electron chi connectivity index (χ3n) is 5.59. The SMILES string of the molecule is COc1cc(C=C2CCCN3C2=NOC3(CO)c2ccc(F)cc2)ccc1NCCO. The van der Waals surface area contributed by atoms with Crippen molar-refractivity contribution in [2.45, 2.75) is 18.6 Å². The van der Waals surface area contributed by atoms with E-state index < -0.39 is 5.72 Å². The zero-order chi connectivity index (χ0) is 21.8. The Kier molecular flexibility index (Phi) is 6.11. The fourth-order valence-corrected chi connectivity index (χ4v) is 4.04. The first-order valence-electron chi connectivity index (χ1n) is 10.3. The molecule has 3 N–H and O–H groups in total. The third kappa shape index (κ3) is 3.96. The van der Waals surface area contributed by atoms with Crippen LogP contribution in [0, 0.1) is 5.82 Å². The molecule has 7 nitrogen and oxygen atoms in total. The molecule has 2 aliphatic heterocycles. The topological polar surface area (TPSA) is 86.6 Å². The number of methoxy groups -OCH3 is 1. The van der Waals surface area contributed by atoms with Crippen molar-refractivity contribution < 1.29 is 24.2 Å². The summed E-state index contributed by atoms with van der Waals surface area (Å²) in [6.45, 7) is 0.831. The van der Waals surface area contributed by atoms with Gasteiger partial charge in [-0.3, -0.25) is 0 Å². The summed E-state index contributed by atoms with van der Waals surface area (Å²) in [7, 11) is 1.60. The Balaban J connectivity index is 1.63. The Morgan fingerprint density at radius 2 is 2.06 bits per heavy atom. The van der Waals surface area contributed by atoms with Crippen LogP contribution in [0.4, 0.5) is 10.1 Å². The molecule has 0 bridgehead atoms. The van der Waals surface area contributed by atoms with Crippen molar-refractivity contribution in [3.63, 3.8) is 0 Å². The molecule has 0 radical (unpaired) electrons. The predicted octanol–water partition coefficient (Wildman–Crippen LogP) is 2.91. The number of aliphatic hydroxyl groups excluding tert-OH is 2. The Labute approximate surface area is 180 Å². The van der Waals surface area contributed by atoms with Crippen molar-refractivity contribution in [2.75, 3.05) is 38.7 Å². The molecular weight excluding hydrogens is 401 g/mol. The van der Waals surface area contributed by atoms with Crippen LogP contribution in [0.3, 0.4) is 0 Å². The molecule has 0 aliphatic carbocycles. The normalized spacial score (nSPS) is 21.5. The quantitative estimate of drug-likeness (QED) is 0.630. The van der Waals surface area contributed by atoms with Gasteiger partial charge in [0, 0.05) is 18.7 Å². The van der Waals surface area contributed by atoms with E-state index in [1.807, 2.05) is 29.2 Å². The Hall–Kier alpha value is -3.10. The first kappa shape index (κ1) is 21.1. The number of halogens is 1. The van der Waals surface area contributed by atoms with Crippen LogP contribution < -0.4 is 10.1 Å². The first-order valence-corrected chi connectivity index (χ1v) is 10.3. The van der Waals surface area contributed by atoms with Crippen molar-refractivity contribution in [3.05, 3.63) is 65.0 Å². The number of nitrogens with one attached hydrogen (secondary N) is 1. The number of benzene rings is 2. The van der Waals surface area contributed by atoms with Gasteiger partial charge in [-0.2, -0.15) is 0 Å². The van der Waals surface area contributed by atoms with Crippen LogP contribution in [0.15, 0.2) is 53.2 Å². The molecule has 0 saturated carbocycles. The number of oxime groups is 1. The first-order chi connectivity index (χ1) is 15.1. The van der Waals surface area contributed by atoms with E-state index in [1.165, 1.54) is 12.1 Å². The van der Waals surface area contributed by atoms with Crippen LogP contribution in [0.25, 0.3) is 6.08 Å². The van der Waals surface area contributed by atoms with Gasteiger partial charge < -0.3 is 30.0 Å². The lowest BCUT2D eigenvalue weighted by molar-refractivity contribution is -0.137. The van der Waals surface area contributed by atoms with Crippen LogP contribution in [0.5, 0.6) is 5.75 Å². The largest absolute Gasteiger partial charge is 0.495 e. The number of nitrogens with zero attached hydrogens (tertiary/aromatic N) is 2. The van der Waals surface area contributed by atoms with E-state index in [0.29, 0.717) is 30.2 Å². The van der Waals surface area contributed by atoms with E-state index >= 15 is 0 Å². The van der Waals surface area contributed by atoms with Crippen molar-refractivity contribution >= 4 is 17.6 Å². The fraction of sp³-hybridized carbons (Fsp3) is 0.348. The summed E-state index contributed by atoms with van der Waals surface area (Å²) in [5.74, 6) is 1.00. The Morgan fingerprint density at radius 1 is 1.26 bits per heavy atom. The van der Waals surface area contributed by atoms with E-state index in [1.54, 1.807) is 19.2 Å². The number of aliphatic hydroxyl groups is 2. The maximum atomic E-state index is 13.4. The average Bonchev–Trinajstić information content (AvgIpc) is 3.19. The summed E-state index contributed by atoms with van der Waals surface area (Å²) < 4.78 is 18.9. The van der Waals surface area contributed by atoms with Crippen molar-refractivity contribution in [1.29, 1.82) is 0 Å². The molecule has 1 unspecified atom stereocenters. The molecule has 8 heteroatoms. The van der Waals surface area contributed by atoms with Crippen LogP contribution in [-0.2, 0) is 10.6 Å². The lowest BCUT2D eigenvalue weighted by Gasteiger charge is -2.38. The van der Waals surface area contributed by atoms with Crippen molar-refractivity contribution in [3.8, 4) is 5.75 Å². The minimum Gasteiger partial charge on any atom is -0.495 e. The van der Waals surface area contributed by atoms with Crippen LogP contribution >= 0.6 is 0 Å². The average molecular weight is 427 g/mol. The molecule has 2 aromatic carbocycles. The second kappa shape index (κ2) is 8.95. The highest BCUT2D eigenvalue weighted by Gasteiger charge is 2.49. The number of hydrogen-bond donors (Lipinski definition) is 3. The van der Waals surface area contributed by atoms with E-state index in [2.05, 4.69) is 10.5 Å². The molecular formula is C23H26FN3O4. The molecule has 0 amide bonds.